The standard InChI is InChI=1S/C33H28N4O4/c1-41-32(40)33(37-31(39)26-15-20-9-3-5-11-22(20)17-28(26)35)18-23-12-6-7-13-24(23)29(33)36-30(38)25-14-19-8-2-4-10-21(19)16-27(25)34/h2-17,29H,18,34-35H2,1H3,(H,36,38)(H,37,39). The van der Waals surface area contributed by atoms with Crippen LogP contribution in [0.1, 0.15) is 37.9 Å². The number of nitrogens with one attached hydrogen (secondary N) is 2. The van der Waals surface area contributed by atoms with E-state index in [-0.39, 0.29) is 23.2 Å². The maximum absolute atomic E-state index is 13.8. The van der Waals surface area contributed by atoms with Crippen molar-refractivity contribution in [3.63, 3.8) is 0 Å². The zero-order chi connectivity index (χ0) is 28.7. The summed E-state index contributed by atoms with van der Waals surface area (Å²) in [4.78, 5) is 41.2. The molecule has 0 radical (unpaired) electrons. The van der Waals surface area contributed by atoms with Crippen LogP contribution < -0.4 is 22.1 Å². The van der Waals surface area contributed by atoms with Crippen molar-refractivity contribution in [3.8, 4) is 0 Å². The lowest BCUT2D eigenvalue weighted by atomic mass is 9.89. The number of benzene rings is 5. The smallest absolute Gasteiger partial charge is 0.334 e. The molecule has 5 aromatic carbocycles. The van der Waals surface area contributed by atoms with Gasteiger partial charge >= 0.3 is 5.97 Å². The Hall–Kier alpha value is -5.37. The third-order valence-electron chi connectivity index (χ3n) is 7.81. The Bertz CT molecular complexity index is 1870. The maximum Gasteiger partial charge on any atom is 0.334 e. The van der Waals surface area contributed by atoms with E-state index in [1.54, 1.807) is 24.3 Å². The molecule has 1 aliphatic rings. The van der Waals surface area contributed by atoms with Crippen LogP contribution in [0.3, 0.4) is 0 Å². The summed E-state index contributed by atoms with van der Waals surface area (Å²) < 4.78 is 5.24. The molecule has 0 saturated carbocycles. The van der Waals surface area contributed by atoms with E-state index in [1.165, 1.54) is 7.11 Å². The Labute approximate surface area is 236 Å². The van der Waals surface area contributed by atoms with Crippen LogP contribution in [0.2, 0.25) is 0 Å². The summed E-state index contributed by atoms with van der Waals surface area (Å²) >= 11 is 0. The molecule has 2 atom stereocenters. The summed E-state index contributed by atoms with van der Waals surface area (Å²) in [7, 11) is 1.25. The van der Waals surface area contributed by atoms with Crippen molar-refractivity contribution in [2.75, 3.05) is 18.6 Å². The first-order chi connectivity index (χ1) is 19.8. The first kappa shape index (κ1) is 25.9. The Balaban J connectivity index is 1.42. The fourth-order valence-corrected chi connectivity index (χ4v) is 5.77. The quantitative estimate of drug-likeness (QED) is 0.190. The molecular weight excluding hydrogens is 516 g/mol. The highest BCUT2D eigenvalue weighted by atomic mass is 16.5. The highest BCUT2D eigenvalue weighted by Crippen LogP contribution is 2.41. The number of rotatable bonds is 5. The van der Waals surface area contributed by atoms with Gasteiger partial charge in [0, 0.05) is 17.8 Å². The minimum atomic E-state index is -1.64. The van der Waals surface area contributed by atoms with Crippen molar-refractivity contribution in [1.82, 2.24) is 10.6 Å². The molecule has 6 N–H and O–H groups in total. The van der Waals surface area contributed by atoms with E-state index in [9.17, 15) is 14.4 Å². The second-order valence-electron chi connectivity index (χ2n) is 10.3. The second-order valence-corrected chi connectivity index (χ2v) is 10.3. The number of nitrogen functional groups attached to an aromatic ring is 2. The minimum Gasteiger partial charge on any atom is -0.467 e. The van der Waals surface area contributed by atoms with E-state index in [1.807, 2.05) is 72.8 Å². The average Bonchev–Trinajstić information content (AvgIpc) is 3.29. The highest BCUT2D eigenvalue weighted by Gasteiger charge is 2.55. The van der Waals surface area contributed by atoms with Crippen LogP contribution in [0, 0.1) is 0 Å². The fraction of sp³-hybridized carbons (Fsp3) is 0.121. The Morgan fingerprint density at radius 2 is 1.22 bits per heavy atom. The predicted molar refractivity (Wildman–Crippen MR) is 159 cm³/mol. The molecule has 0 heterocycles. The normalized spacial score (nSPS) is 17.6. The van der Waals surface area contributed by atoms with E-state index in [4.69, 9.17) is 16.2 Å². The zero-order valence-electron chi connectivity index (χ0n) is 22.3. The molecule has 0 saturated heterocycles. The third kappa shape index (κ3) is 4.39. The van der Waals surface area contributed by atoms with Crippen molar-refractivity contribution >= 4 is 50.7 Å². The Morgan fingerprint density at radius 1 is 0.732 bits per heavy atom. The number of hydrogen-bond acceptors (Lipinski definition) is 6. The molecule has 0 bridgehead atoms. The SMILES string of the molecule is COC(=O)C1(NC(=O)c2cc3ccccc3cc2N)Cc2ccccc2C1NC(=O)c1cc2ccccc2cc1N. The van der Waals surface area contributed by atoms with Gasteiger partial charge in [-0.1, -0.05) is 72.8 Å². The number of ether oxygens (including phenoxy) is 1. The van der Waals surface area contributed by atoms with E-state index in [0.717, 1.165) is 27.1 Å². The number of carbonyl (C=O) groups is 3. The van der Waals surface area contributed by atoms with Crippen LogP contribution in [-0.2, 0) is 16.0 Å². The number of anilines is 2. The monoisotopic (exact) mass is 544 g/mol. The van der Waals surface area contributed by atoms with Gasteiger partial charge in [-0.2, -0.15) is 0 Å². The lowest BCUT2D eigenvalue weighted by Gasteiger charge is -2.34. The number of hydrogen-bond donors (Lipinski definition) is 4. The molecule has 5 aromatic rings. The molecule has 6 rings (SSSR count). The average molecular weight is 545 g/mol. The first-order valence-electron chi connectivity index (χ1n) is 13.2. The van der Waals surface area contributed by atoms with Gasteiger partial charge in [0.15, 0.2) is 5.54 Å². The summed E-state index contributed by atoms with van der Waals surface area (Å²) in [6.45, 7) is 0. The number of carbonyl (C=O) groups excluding carboxylic acids is 3. The summed E-state index contributed by atoms with van der Waals surface area (Å²) in [5.41, 5.74) is 13.5. The van der Waals surface area contributed by atoms with E-state index >= 15 is 0 Å². The van der Waals surface area contributed by atoms with E-state index in [0.29, 0.717) is 11.3 Å². The van der Waals surface area contributed by atoms with Crippen LogP contribution in [0.5, 0.6) is 0 Å². The van der Waals surface area contributed by atoms with Crippen LogP contribution in [0.15, 0.2) is 97.1 Å². The van der Waals surface area contributed by atoms with Gasteiger partial charge in [-0.05, 0) is 56.9 Å². The number of esters is 1. The van der Waals surface area contributed by atoms with Crippen LogP contribution in [0.25, 0.3) is 21.5 Å². The van der Waals surface area contributed by atoms with Crippen molar-refractivity contribution in [3.05, 3.63) is 119 Å². The van der Waals surface area contributed by atoms with E-state index in [2.05, 4.69) is 10.6 Å². The van der Waals surface area contributed by atoms with Gasteiger partial charge in [0.1, 0.15) is 0 Å². The zero-order valence-corrected chi connectivity index (χ0v) is 22.3. The lowest BCUT2D eigenvalue weighted by Crippen LogP contribution is -2.61. The minimum absolute atomic E-state index is 0.104. The maximum atomic E-state index is 13.8. The van der Waals surface area contributed by atoms with Gasteiger partial charge in [0.25, 0.3) is 11.8 Å². The molecule has 0 aromatic heterocycles. The van der Waals surface area contributed by atoms with Gasteiger partial charge in [0.2, 0.25) is 0 Å². The third-order valence-corrected chi connectivity index (χ3v) is 7.81. The van der Waals surface area contributed by atoms with Crippen molar-refractivity contribution in [2.45, 2.75) is 18.0 Å². The largest absolute Gasteiger partial charge is 0.467 e. The molecule has 8 nitrogen and oxygen atoms in total. The first-order valence-corrected chi connectivity index (χ1v) is 13.2. The molecular formula is C33H28N4O4. The highest BCUT2D eigenvalue weighted by molar-refractivity contribution is 6.07. The summed E-state index contributed by atoms with van der Waals surface area (Å²) in [5.74, 6) is -1.74. The molecule has 2 amide bonds. The predicted octanol–water partition coefficient (Wildman–Crippen LogP) is 4.53. The van der Waals surface area contributed by atoms with Crippen molar-refractivity contribution in [1.29, 1.82) is 0 Å². The van der Waals surface area contributed by atoms with Crippen molar-refractivity contribution < 1.29 is 19.1 Å². The molecule has 2 unspecified atom stereocenters. The molecule has 0 aliphatic heterocycles. The van der Waals surface area contributed by atoms with Gasteiger partial charge in [-0.3, -0.25) is 9.59 Å². The van der Waals surface area contributed by atoms with Crippen LogP contribution in [-0.4, -0.2) is 30.4 Å². The summed E-state index contributed by atoms with van der Waals surface area (Å²) in [6, 6.07) is 28.4. The molecule has 41 heavy (non-hydrogen) atoms. The van der Waals surface area contributed by atoms with Crippen LogP contribution in [0.4, 0.5) is 11.4 Å². The Kier molecular flexibility index (Phi) is 6.30. The lowest BCUT2D eigenvalue weighted by molar-refractivity contribution is -0.149. The topological polar surface area (TPSA) is 137 Å². The van der Waals surface area contributed by atoms with Crippen LogP contribution >= 0.6 is 0 Å². The van der Waals surface area contributed by atoms with Gasteiger partial charge < -0.3 is 26.8 Å². The van der Waals surface area contributed by atoms with Crippen molar-refractivity contribution in [2.24, 2.45) is 0 Å². The summed E-state index contributed by atoms with van der Waals surface area (Å²) in [6.07, 6.45) is 0.104. The number of methoxy groups -OCH3 is 1. The molecule has 0 spiro atoms. The molecule has 0 fully saturated rings. The number of amides is 2. The van der Waals surface area contributed by atoms with Gasteiger partial charge in [-0.15, -0.1) is 0 Å². The molecule has 1 aliphatic carbocycles. The molecule has 8 heteroatoms. The van der Waals surface area contributed by atoms with E-state index < -0.39 is 29.4 Å². The molecule has 204 valence electrons. The second kappa shape index (κ2) is 9.98. The van der Waals surface area contributed by atoms with Gasteiger partial charge in [0.05, 0.1) is 24.3 Å². The Morgan fingerprint density at radius 3 is 1.78 bits per heavy atom. The van der Waals surface area contributed by atoms with Gasteiger partial charge in [-0.25, -0.2) is 4.79 Å². The number of nitrogens with two attached hydrogens (primary N) is 2. The fourth-order valence-electron chi connectivity index (χ4n) is 5.77. The summed E-state index contributed by atoms with van der Waals surface area (Å²) in [5, 5.41) is 9.38. The number of fused-ring (bicyclic) bond motifs is 3.